The summed E-state index contributed by atoms with van der Waals surface area (Å²) in [4.78, 5) is 1.55. The molecule has 2 N–H and O–H groups in total. The molecule has 0 aliphatic rings. The predicted molar refractivity (Wildman–Crippen MR) is 74.2 cm³/mol. The fraction of sp³-hybridized carbons (Fsp3) is 0.385. The molecular formula is C13H19NO4S. The Morgan fingerprint density at radius 1 is 1.37 bits per heavy atom. The maximum absolute atomic E-state index is 10.8. The van der Waals surface area contributed by atoms with E-state index in [1.165, 1.54) is 0 Å². The first-order valence-corrected chi connectivity index (χ1v) is 7.46. The van der Waals surface area contributed by atoms with Crippen LogP contribution in [0.5, 0.6) is 0 Å². The van der Waals surface area contributed by atoms with E-state index in [0.717, 1.165) is 11.1 Å². The lowest BCUT2D eigenvalue weighted by molar-refractivity contribution is 0.0856. The van der Waals surface area contributed by atoms with Crippen molar-refractivity contribution in [3.8, 4) is 0 Å². The minimum atomic E-state index is -4.05. The van der Waals surface area contributed by atoms with E-state index in [2.05, 4.69) is 6.58 Å². The largest absolute Gasteiger partial charge is 0.381 e. The van der Waals surface area contributed by atoms with Crippen molar-refractivity contribution in [1.29, 1.82) is 0 Å². The van der Waals surface area contributed by atoms with Crippen molar-refractivity contribution in [2.24, 2.45) is 0 Å². The molecule has 0 amide bonds. The number of nitrogens with zero attached hydrogens (tertiary/aromatic N) is 1. The molecule has 5 nitrogen and oxygen atoms in total. The minimum Gasteiger partial charge on any atom is -0.381 e. The third-order valence-electron chi connectivity index (χ3n) is 2.77. The van der Waals surface area contributed by atoms with E-state index in [4.69, 9.17) is 4.55 Å². The number of hydrogen-bond donors (Lipinski definition) is 2. The average Bonchev–Trinajstić information content (AvgIpc) is 2.33. The summed E-state index contributed by atoms with van der Waals surface area (Å²) in [6, 6.07) is 9.09. The molecular weight excluding hydrogens is 266 g/mol. The summed E-state index contributed by atoms with van der Waals surface area (Å²) in [6.07, 6.45) is 0. The standard InChI is InChI=1S/C13H19NO4S/c1-11(2)13(12-6-4-3-5-7-12)14(10-15)8-9-19(16,17)18/h3-7,13,15H,1,8-10H2,2H3,(H,16,17,18). The molecule has 1 aromatic rings. The van der Waals surface area contributed by atoms with Crippen LogP contribution in [0.4, 0.5) is 0 Å². The molecule has 1 rings (SSSR count). The predicted octanol–water partition coefficient (Wildman–Crippen LogP) is 1.44. The van der Waals surface area contributed by atoms with Crippen molar-refractivity contribution >= 4 is 10.1 Å². The van der Waals surface area contributed by atoms with Crippen molar-refractivity contribution in [2.45, 2.75) is 13.0 Å². The van der Waals surface area contributed by atoms with Crippen LogP contribution in [-0.4, -0.2) is 42.0 Å². The van der Waals surface area contributed by atoms with Gasteiger partial charge in [0, 0.05) is 6.54 Å². The second-order valence-electron chi connectivity index (χ2n) is 4.40. The summed E-state index contributed by atoms with van der Waals surface area (Å²) in [5.41, 5.74) is 1.70. The fourth-order valence-electron chi connectivity index (χ4n) is 1.96. The molecule has 0 bridgehead atoms. The van der Waals surface area contributed by atoms with Crippen molar-refractivity contribution in [1.82, 2.24) is 4.90 Å². The molecule has 1 unspecified atom stereocenters. The highest BCUT2D eigenvalue weighted by atomic mass is 32.2. The highest BCUT2D eigenvalue weighted by molar-refractivity contribution is 7.85. The zero-order valence-electron chi connectivity index (χ0n) is 10.9. The first kappa shape index (κ1) is 15.8. The summed E-state index contributed by atoms with van der Waals surface area (Å²) in [5.74, 6) is -0.426. The zero-order valence-corrected chi connectivity index (χ0v) is 11.7. The van der Waals surface area contributed by atoms with E-state index >= 15 is 0 Å². The molecule has 0 radical (unpaired) electrons. The van der Waals surface area contributed by atoms with Crippen LogP contribution in [0.1, 0.15) is 18.5 Å². The van der Waals surface area contributed by atoms with Crippen molar-refractivity contribution in [3.05, 3.63) is 48.0 Å². The van der Waals surface area contributed by atoms with Crippen LogP contribution in [0.2, 0.25) is 0 Å². The molecule has 0 aromatic heterocycles. The normalized spacial score (nSPS) is 13.5. The van der Waals surface area contributed by atoms with Gasteiger partial charge in [0.15, 0.2) is 0 Å². The molecule has 0 aliphatic carbocycles. The molecule has 0 aliphatic heterocycles. The highest BCUT2D eigenvalue weighted by Crippen LogP contribution is 2.26. The van der Waals surface area contributed by atoms with Gasteiger partial charge in [0.2, 0.25) is 0 Å². The molecule has 106 valence electrons. The van der Waals surface area contributed by atoms with Gasteiger partial charge in [-0.05, 0) is 12.5 Å². The van der Waals surface area contributed by atoms with Gasteiger partial charge in [-0.1, -0.05) is 42.5 Å². The van der Waals surface area contributed by atoms with Gasteiger partial charge in [0.25, 0.3) is 10.1 Å². The first-order chi connectivity index (χ1) is 8.85. The number of hydrogen-bond acceptors (Lipinski definition) is 4. The van der Waals surface area contributed by atoms with Crippen LogP contribution in [0.3, 0.4) is 0 Å². The Bertz CT molecular complexity index is 513. The molecule has 19 heavy (non-hydrogen) atoms. The lowest BCUT2D eigenvalue weighted by Crippen LogP contribution is -2.34. The van der Waals surface area contributed by atoms with E-state index in [9.17, 15) is 13.5 Å². The highest BCUT2D eigenvalue weighted by Gasteiger charge is 2.21. The molecule has 0 saturated carbocycles. The SMILES string of the molecule is C=C(C)C(c1ccccc1)N(CO)CCS(=O)(=O)O. The van der Waals surface area contributed by atoms with Crippen LogP contribution >= 0.6 is 0 Å². The van der Waals surface area contributed by atoms with E-state index in [0.29, 0.717) is 0 Å². The summed E-state index contributed by atoms with van der Waals surface area (Å²) < 4.78 is 30.4. The molecule has 1 aromatic carbocycles. The summed E-state index contributed by atoms with van der Waals surface area (Å²) in [7, 11) is -4.05. The van der Waals surface area contributed by atoms with Crippen LogP contribution in [-0.2, 0) is 10.1 Å². The third-order valence-corrected chi connectivity index (χ3v) is 3.46. The Kier molecular flexibility index (Phi) is 5.68. The lowest BCUT2D eigenvalue weighted by atomic mass is 10.00. The molecule has 0 fully saturated rings. The average molecular weight is 285 g/mol. The van der Waals surface area contributed by atoms with Crippen LogP contribution in [0, 0.1) is 0 Å². The Morgan fingerprint density at radius 2 is 1.95 bits per heavy atom. The summed E-state index contributed by atoms with van der Waals surface area (Å²) in [6.45, 7) is 5.41. The first-order valence-electron chi connectivity index (χ1n) is 5.85. The molecule has 6 heteroatoms. The Labute approximate surface area is 113 Å². The number of aliphatic hydroxyl groups is 1. The van der Waals surface area contributed by atoms with Gasteiger partial charge < -0.3 is 5.11 Å². The van der Waals surface area contributed by atoms with Crippen LogP contribution in [0.25, 0.3) is 0 Å². The Balaban J connectivity index is 2.93. The van der Waals surface area contributed by atoms with Gasteiger partial charge in [0.1, 0.15) is 0 Å². The van der Waals surface area contributed by atoms with Crippen molar-refractivity contribution in [2.75, 3.05) is 19.0 Å². The van der Waals surface area contributed by atoms with E-state index in [-0.39, 0.29) is 19.3 Å². The molecule has 0 spiro atoms. The van der Waals surface area contributed by atoms with Crippen molar-refractivity contribution in [3.63, 3.8) is 0 Å². The third kappa shape index (κ3) is 5.12. The minimum absolute atomic E-state index is 0.0295. The van der Waals surface area contributed by atoms with Gasteiger partial charge >= 0.3 is 0 Å². The van der Waals surface area contributed by atoms with Gasteiger partial charge in [-0.2, -0.15) is 8.42 Å². The molecule has 1 atom stereocenters. The van der Waals surface area contributed by atoms with Gasteiger partial charge in [-0.15, -0.1) is 0 Å². The number of rotatable bonds is 7. The Morgan fingerprint density at radius 3 is 2.37 bits per heavy atom. The summed E-state index contributed by atoms with van der Waals surface area (Å²) >= 11 is 0. The second-order valence-corrected chi connectivity index (χ2v) is 5.97. The van der Waals surface area contributed by atoms with Crippen molar-refractivity contribution < 1.29 is 18.1 Å². The van der Waals surface area contributed by atoms with Gasteiger partial charge in [-0.3, -0.25) is 9.45 Å². The zero-order chi connectivity index (χ0) is 14.5. The van der Waals surface area contributed by atoms with Gasteiger partial charge in [0.05, 0.1) is 18.5 Å². The smallest absolute Gasteiger partial charge is 0.266 e. The number of benzene rings is 1. The monoisotopic (exact) mass is 285 g/mol. The molecule has 0 saturated heterocycles. The lowest BCUT2D eigenvalue weighted by Gasteiger charge is -2.30. The topological polar surface area (TPSA) is 77.8 Å². The maximum Gasteiger partial charge on any atom is 0.266 e. The number of aliphatic hydroxyl groups excluding tert-OH is 1. The maximum atomic E-state index is 10.8. The van der Waals surface area contributed by atoms with E-state index in [1.54, 1.807) is 4.90 Å². The quantitative estimate of drug-likeness (QED) is 0.450. The van der Waals surface area contributed by atoms with Crippen LogP contribution in [0.15, 0.2) is 42.5 Å². The molecule has 0 heterocycles. The Hall–Kier alpha value is -1.21. The van der Waals surface area contributed by atoms with Crippen LogP contribution < -0.4 is 0 Å². The second kappa shape index (κ2) is 6.81. The summed E-state index contributed by atoms with van der Waals surface area (Å²) in [5, 5.41) is 9.41. The van der Waals surface area contributed by atoms with Gasteiger partial charge in [-0.25, -0.2) is 0 Å². The fourth-order valence-corrected chi connectivity index (χ4v) is 2.42. The van der Waals surface area contributed by atoms with E-state index < -0.39 is 15.9 Å². The van der Waals surface area contributed by atoms with E-state index in [1.807, 2.05) is 37.3 Å².